The average molecular weight is 572 g/mol. The van der Waals surface area contributed by atoms with E-state index in [1.54, 1.807) is 24.3 Å². The van der Waals surface area contributed by atoms with Crippen LogP contribution in [0.25, 0.3) is 0 Å². The molecule has 2 aromatic rings. The summed E-state index contributed by atoms with van der Waals surface area (Å²) >= 11 is 0. The summed E-state index contributed by atoms with van der Waals surface area (Å²) in [6.45, 7) is 10.9. The number of halogens is 1. The number of benzene rings is 2. The summed E-state index contributed by atoms with van der Waals surface area (Å²) < 4.78 is 13.7. The van der Waals surface area contributed by atoms with Crippen molar-refractivity contribution in [3.05, 3.63) is 71.0 Å². The molecule has 0 bridgehead atoms. The number of carbonyl (C=O) groups is 3. The predicted molar refractivity (Wildman–Crippen MR) is 150 cm³/mol. The Hall–Kier alpha value is -2.55. The summed E-state index contributed by atoms with van der Waals surface area (Å²) in [5.74, 6) is -1.55. The maximum Gasteiger partial charge on any atom is 1.00 e. The van der Waals surface area contributed by atoms with Gasteiger partial charge in [0, 0.05) is 30.1 Å². The van der Waals surface area contributed by atoms with Gasteiger partial charge < -0.3 is 20.1 Å². The number of amides is 2. The Balaban J connectivity index is 0.00000462. The van der Waals surface area contributed by atoms with Crippen LogP contribution < -0.4 is 40.0 Å². The van der Waals surface area contributed by atoms with Crippen molar-refractivity contribution in [3.8, 4) is 0 Å². The molecule has 0 saturated heterocycles. The van der Waals surface area contributed by atoms with E-state index in [0.29, 0.717) is 22.8 Å². The molecule has 1 aliphatic carbocycles. The fourth-order valence-electron chi connectivity index (χ4n) is 6.14. The summed E-state index contributed by atoms with van der Waals surface area (Å²) in [6.07, 6.45) is 3.12. The van der Waals surface area contributed by atoms with Gasteiger partial charge in [-0.25, -0.2) is 4.39 Å². The summed E-state index contributed by atoms with van der Waals surface area (Å²) in [6, 6.07) is 12.8. The van der Waals surface area contributed by atoms with Gasteiger partial charge in [-0.2, -0.15) is 0 Å². The molecule has 0 aromatic heterocycles. The van der Waals surface area contributed by atoms with Crippen LogP contribution in [0.4, 0.5) is 4.39 Å². The molecule has 1 atom stereocenters. The predicted octanol–water partition coefficient (Wildman–Crippen LogP) is 1.66. The van der Waals surface area contributed by atoms with Gasteiger partial charge in [0.15, 0.2) is 0 Å². The van der Waals surface area contributed by atoms with E-state index < -0.39 is 11.6 Å². The van der Waals surface area contributed by atoms with Crippen LogP contribution in [0.5, 0.6) is 0 Å². The van der Waals surface area contributed by atoms with Crippen molar-refractivity contribution in [1.82, 2.24) is 10.2 Å². The molecule has 214 valence electrons. The zero-order chi connectivity index (χ0) is 29.2. The average Bonchev–Trinajstić information content (AvgIpc) is 3.15. The Kier molecular flexibility index (Phi) is 10.6. The number of carboxylic acid groups (broad SMARTS) is 1. The van der Waals surface area contributed by atoms with Gasteiger partial charge in [0.2, 0.25) is 0 Å². The number of rotatable bonds is 8. The van der Waals surface area contributed by atoms with Crippen LogP contribution in [-0.4, -0.2) is 40.6 Å². The van der Waals surface area contributed by atoms with Crippen molar-refractivity contribution >= 4 is 23.5 Å². The molecule has 1 heterocycles. The van der Waals surface area contributed by atoms with Crippen molar-refractivity contribution < 1.29 is 53.4 Å². The quantitative estimate of drug-likeness (QED) is 0.487. The number of carbonyl (C=O) groups excluding carboxylic acids is 3. The maximum atomic E-state index is 14.2. The van der Waals surface area contributed by atoms with Gasteiger partial charge in [-0.3, -0.25) is 14.6 Å². The third-order valence-electron chi connectivity index (χ3n) is 8.36. The molecule has 41 heavy (non-hydrogen) atoms. The third-order valence-corrected chi connectivity index (χ3v) is 8.36. The summed E-state index contributed by atoms with van der Waals surface area (Å²) in [7, 11) is 0. The van der Waals surface area contributed by atoms with E-state index in [-0.39, 0.29) is 77.5 Å². The minimum atomic E-state index is -1.22. The Bertz CT molecular complexity index is 1280. The van der Waals surface area contributed by atoms with E-state index >= 15 is 0 Å². The van der Waals surface area contributed by atoms with E-state index in [4.69, 9.17) is 4.99 Å². The second-order valence-electron chi connectivity index (χ2n) is 12.5. The molecular weight excluding hydrogens is 532 g/mol. The van der Waals surface area contributed by atoms with Crippen molar-refractivity contribution in [2.75, 3.05) is 6.54 Å². The topological polar surface area (TPSA) is 102 Å². The van der Waals surface area contributed by atoms with Gasteiger partial charge in [-0.15, -0.1) is 0 Å². The minimum Gasteiger partial charge on any atom is -0.550 e. The second-order valence-corrected chi connectivity index (χ2v) is 12.5. The van der Waals surface area contributed by atoms with Gasteiger partial charge in [0.25, 0.3) is 11.8 Å². The molecule has 7 nitrogen and oxygen atoms in total. The second kappa shape index (κ2) is 13.2. The zero-order valence-electron chi connectivity index (χ0n) is 25.0. The van der Waals surface area contributed by atoms with Crippen molar-refractivity contribution in [3.63, 3.8) is 0 Å². The fraction of sp³-hybridized carbons (Fsp3) is 0.500. The first kappa shape index (κ1) is 33.0. The first-order valence-electron chi connectivity index (χ1n) is 14.1. The number of carboxylic acids is 1. The van der Waals surface area contributed by atoms with E-state index in [0.717, 1.165) is 31.2 Å². The van der Waals surface area contributed by atoms with Gasteiger partial charge >= 0.3 is 29.6 Å². The summed E-state index contributed by atoms with van der Waals surface area (Å²) in [5.41, 5.74) is 1.73. The van der Waals surface area contributed by atoms with Crippen molar-refractivity contribution in [2.45, 2.75) is 78.4 Å². The zero-order valence-corrected chi connectivity index (χ0v) is 27.0. The Morgan fingerprint density at radius 1 is 1.07 bits per heavy atom. The molecule has 2 aromatic carbocycles. The van der Waals surface area contributed by atoms with E-state index in [2.05, 4.69) is 39.9 Å². The Labute approximate surface area is 264 Å². The summed E-state index contributed by atoms with van der Waals surface area (Å²) in [4.78, 5) is 44.4. The third kappa shape index (κ3) is 7.27. The monoisotopic (exact) mass is 571 g/mol. The molecule has 1 spiro atoms. The fourth-order valence-corrected chi connectivity index (χ4v) is 6.14. The smallest absolute Gasteiger partial charge is 0.550 e. The Morgan fingerprint density at radius 3 is 2.17 bits per heavy atom. The number of hydrogen-bond donors (Lipinski definition) is 1. The first-order valence-corrected chi connectivity index (χ1v) is 14.1. The number of nitrogens with one attached hydrogen (secondary N) is 1. The Morgan fingerprint density at radius 2 is 1.66 bits per heavy atom. The van der Waals surface area contributed by atoms with Gasteiger partial charge in [0.1, 0.15) is 17.2 Å². The molecule has 9 heteroatoms. The standard InChI is InChI=1S/C32H40FN3O4.Na/c1-20(2)28(22-6-8-23(9-7-22)29(39)34-19-16-26(37)38)36-30(40)27(21-10-12-25(33)13-11-21)35-32(36)17-14-24(15-18-32)31(3,4)5;/h6-13,20,24,28H,14-19H2,1-5H3,(H,34,39)(H,37,38);/q;+1/p-1/t24?,28-,32?;/m1./s1. The molecule has 4 rings (SSSR count). The van der Waals surface area contributed by atoms with Crippen LogP contribution in [0, 0.1) is 23.1 Å². The molecule has 1 saturated carbocycles. The van der Waals surface area contributed by atoms with E-state index in [1.807, 2.05) is 17.0 Å². The molecule has 0 radical (unpaired) electrons. The van der Waals surface area contributed by atoms with Gasteiger partial charge in [0.05, 0.1) is 6.04 Å². The number of nitrogens with zero attached hydrogens (tertiary/aromatic N) is 2. The minimum absolute atomic E-state index is 0. The van der Waals surface area contributed by atoms with E-state index in [9.17, 15) is 23.9 Å². The first-order chi connectivity index (χ1) is 18.8. The van der Waals surface area contributed by atoms with Crippen LogP contribution in [0.1, 0.15) is 94.2 Å². The van der Waals surface area contributed by atoms with Crippen LogP contribution in [-0.2, 0) is 9.59 Å². The molecule has 1 N–H and O–H groups in total. The SMILES string of the molecule is CC(C)[C@H](c1ccc(C(=O)NCCC(=O)[O-])cc1)N1C(=O)C(c2ccc(F)cc2)=NC12CCC(C(C)(C)C)CC2.[Na+]. The van der Waals surface area contributed by atoms with Crippen LogP contribution in [0.15, 0.2) is 53.5 Å². The van der Waals surface area contributed by atoms with Gasteiger partial charge in [-0.1, -0.05) is 46.8 Å². The van der Waals surface area contributed by atoms with Crippen LogP contribution >= 0.6 is 0 Å². The molecule has 0 unspecified atom stereocenters. The largest absolute Gasteiger partial charge is 1.00 e. The molecule has 2 amide bonds. The van der Waals surface area contributed by atoms with Gasteiger partial charge in [-0.05, 0) is 84.9 Å². The van der Waals surface area contributed by atoms with Crippen LogP contribution in [0.3, 0.4) is 0 Å². The van der Waals surface area contributed by atoms with E-state index in [1.165, 1.54) is 12.1 Å². The summed E-state index contributed by atoms with van der Waals surface area (Å²) in [5, 5.41) is 13.2. The number of aliphatic imine (C=N–C) groups is 1. The number of hydrogen-bond acceptors (Lipinski definition) is 5. The molecule has 1 fully saturated rings. The molecule has 2 aliphatic rings. The normalized spacial score (nSPS) is 21.4. The van der Waals surface area contributed by atoms with Crippen molar-refractivity contribution in [2.24, 2.45) is 22.2 Å². The molecular formula is C32H39FN3NaO4. The maximum absolute atomic E-state index is 14.2. The van der Waals surface area contributed by atoms with Crippen LogP contribution in [0.2, 0.25) is 0 Å². The van der Waals surface area contributed by atoms with Crippen molar-refractivity contribution in [1.29, 1.82) is 0 Å². The number of aliphatic carboxylic acids is 1. The molecule has 1 aliphatic heterocycles.